The van der Waals surface area contributed by atoms with Crippen LogP contribution in [-0.2, 0) is 11.2 Å². The molecule has 1 aromatic carbocycles. The lowest BCUT2D eigenvalue weighted by atomic mass is 9.68. The molecule has 0 aromatic heterocycles. The van der Waals surface area contributed by atoms with Gasteiger partial charge in [-0.3, -0.25) is 4.79 Å². The van der Waals surface area contributed by atoms with Crippen molar-refractivity contribution in [2.45, 2.75) is 56.3 Å². The van der Waals surface area contributed by atoms with Crippen LogP contribution in [0.4, 0.5) is 0 Å². The van der Waals surface area contributed by atoms with Gasteiger partial charge in [0.1, 0.15) is 0 Å². The molecule has 2 aliphatic rings. The fourth-order valence-corrected chi connectivity index (χ4v) is 4.08. The zero-order chi connectivity index (χ0) is 14.7. The monoisotopic (exact) mass is 303 g/mol. The van der Waals surface area contributed by atoms with E-state index in [9.17, 15) is 4.79 Å². The van der Waals surface area contributed by atoms with E-state index in [1.54, 1.807) is 0 Å². The average Bonchev–Trinajstić information content (AvgIpc) is 2.51. The van der Waals surface area contributed by atoms with Gasteiger partial charge >= 0.3 is 0 Å². The Morgan fingerprint density at radius 2 is 1.62 bits per heavy atom. The summed E-state index contributed by atoms with van der Waals surface area (Å²) in [6, 6.07) is 7.93. The summed E-state index contributed by atoms with van der Waals surface area (Å²) in [5, 5.41) is 0. The second-order valence-electron chi connectivity index (χ2n) is 6.78. The highest BCUT2D eigenvalue weighted by atomic mass is 32.1. The van der Waals surface area contributed by atoms with E-state index in [2.05, 4.69) is 17.5 Å². The topological polar surface area (TPSA) is 20.3 Å². The molecule has 1 saturated heterocycles. The van der Waals surface area contributed by atoms with Crippen LogP contribution in [0.3, 0.4) is 0 Å². The van der Waals surface area contributed by atoms with Crippen molar-refractivity contribution in [1.82, 2.24) is 4.90 Å². The highest BCUT2D eigenvalue weighted by molar-refractivity contribution is 7.80. The molecule has 1 amide bonds. The van der Waals surface area contributed by atoms with Crippen molar-refractivity contribution in [3.05, 3.63) is 29.8 Å². The summed E-state index contributed by atoms with van der Waals surface area (Å²) in [5.41, 5.74) is 1.67. The number of thiol groups is 1. The van der Waals surface area contributed by atoms with Gasteiger partial charge in [-0.25, -0.2) is 0 Å². The van der Waals surface area contributed by atoms with E-state index < -0.39 is 0 Å². The van der Waals surface area contributed by atoms with Gasteiger partial charge in [0.05, 0.1) is 6.42 Å². The summed E-state index contributed by atoms with van der Waals surface area (Å²) in [6.45, 7) is 1.92. The fraction of sp³-hybridized carbons (Fsp3) is 0.611. The van der Waals surface area contributed by atoms with Gasteiger partial charge in [0, 0.05) is 18.0 Å². The predicted molar refractivity (Wildman–Crippen MR) is 88.7 cm³/mol. The van der Waals surface area contributed by atoms with E-state index in [1.165, 1.54) is 44.9 Å². The molecule has 3 heteroatoms. The second-order valence-corrected chi connectivity index (χ2v) is 7.30. The largest absolute Gasteiger partial charge is 0.342 e. The minimum atomic E-state index is 0.285. The van der Waals surface area contributed by atoms with E-state index >= 15 is 0 Å². The molecular weight excluding hydrogens is 278 g/mol. The maximum atomic E-state index is 12.4. The van der Waals surface area contributed by atoms with E-state index in [-0.39, 0.29) is 5.91 Å². The number of amides is 1. The Morgan fingerprint density at radius 3 is 2.24 bits per heavy atom. The van der Waals surface area contributed by atoms with Crippen LogP contribution in [0.5, 0.6) is 0 Å². The number of rotatable bonds is 2. The van der Waals surface area contributed by atoms with E-state index in [1.807, 2.05) is 24.3 Å². The third-order valence-electron chi connectivity index (χ3n) is 5.38. The Kier molecular flexibility index (Phi) is 4.58. The molecule has 0 radical (unpaired) electrons. The first-order valence-electron chi connectivity index (χ1n) is 8.23. The maximum absolute atomic E-state index is 12.4. The van der Waals surface area contributed by atoms with Crippen molar-refractivity contribution in [3.63, 3.8) is 0 Å². The number of benzene rings is 1. The summed E-state index contributed by atoms with van der Waals surface area (Å²) >= 11 is 4.28. The summed E-state index contributed by atoms with van der Waals surface area (Å²) in [4.78, 5) is 15.5. The Bertz CT molecular complexity index is 480. The van der Waals surface area contributed by atoms with Crippen LogP contribution in [0.15, 0.2) is 29.2 Å². The molecule has 0 bridgehead atoms. The van der Waals surface area contributed by atoms with Crippen molar-refractivity contribution in [2.75, 3.05) is 13.1 Å². The van der Waals surface area contributed by atoms with Crippen LogP contribution in [0.2, 0.25) is 0 Å². The summed E-state index contributed by atoms with van der Waals surface area (Å²) in [7, 11) is 0. The molecule has 21 heavy (non-hydrogen) atoms. The number of carbonyl (C=O) groups is 1. The minimum Gasteiger partial charge on any atom is -0.342 e. The van der Waals surface area contributed by atoms with Gasteiger partial charge in [0.15, 0.2) is 0 Å². The maximum Gasteiger partial charge on any atom is 0.226 e. The minimum absolute atomic E-state index is 0.285. The lowest BCUT2D eigenvalue weighted by molar-refractivity contribution is -0.133. The van der Waals surface area contributed by atoms with Crippen molar-refractivity contribution < 1.29 is 4.79 Å². The standard InChI is InChI=1S/C18H25NOS/c20-17(14-15-4-6-16(21)7-5-15)19-12-10-18(11-13-19)8-2-1-3-9-18/h4-7,21H,1-3,8-14H2. The van der Waals surface area contributed by atoms with Crippen LogP contribution in [0.1, 0.15) is 50.5 Å². The van der Waals surface area contributed by atoms with Gasteiger partial charge < -0.3 is 4.90 Å². The number of piperidine rings is 1. The van der Waals surface area contributed by atoms with Gasteiger partial charge in [0.2, 0.25) is 5.91 Å². The van der Waals surface area contributed by atoms with Gasteiger partial charge in [-0.05, 0) is 48.8 Å². The Morgan fingerprint density at radius 1 is 1.00 bits per heavy atom. The third kappa shape index (κ3) is 3.63. The molecule has 114 valence electrons. The molecule has 1 aliphatic heterocycles. The van der Waals surface area contributed by atoms with Gasteiger partial charge in [-0.2, -0.15) is 0 Å². The molecule has 0 atom stereocenters. The Hall–Kier alpha value is -0.960. The van der Waals surface area contributed by atoms with E-state index in [4.69, 9.17) is 0 Å². The molecular formula is C18H25NOS. The molecule has 0 N–H and O–H groups in total. The zero-order valence-corrected chi connectivity index (χ0v) is 13.6. The van der Waals surface area contributed by atoms with Crippen LogP contribution < -0.4 is 0 Å². The molecule has 1 spiro atoms. The first-order valence-corrected chi connectivity index (χ1v) is 8.67. The van der Waals surface area contributed by atoms with Crippen molar-refractivity contribution in [2.24, 2.45) is 5.41 Å². The molecule has 3 rings (SSSR count). The van der Waals surface area contributed by atoms with Gasteiger partial charge in [-0.1, -0.05) is 31.4 Å². The average molecular weight is 303 g/mol. The molecule has 0 unspecified atom stereocenters. The third-order valence-corrected chi connectivity index (χ3v) is 5.68. The molecule has 1 saturated carbocycles. The highest BCUT2D eigenvalue weighted by Crippen LogP contribution is 2.44. The number of carbonyl (C=O) groups excluding carboxylic acids is 1. The second kappa shape index (κ2) is 6.43. The van der Waals surface area contributed by atoms with Crippen LogP contribution in [-0.4, -0.2) is 23.9 Å². The quantitative estimate of drug-likeness (QED) is 0.816. The lowest BCUT2D eigenvalue weighted by Crippen LogP contribution is -2.44. The van der Waals surface area contributed by atoms with Crippen LogP contribution >= 0.6 is 12.6 Å². The number of nitrogens with zero attached hydrogens (tertiary/aromatic N) is 1. The summed E-state index contributed by atoms with van der Waals surface area (Å²) in [5.74, 6) is 0.285. The van der Waals surface area contributed by atoms with Crippen molar-refractivity contribution in [1.29, 1.82) is 0 Å². The summed E-state index contributed by atoms with van der Waals surface area (Å²) < 4.78 is 0. The first kappa shape index (κ1) is 15.0. The van der Waals surface area contributed by atoms with Gasteiger partial charge in [-0.15, -0.1) is 12.6 Å². The number of likely N-dealkylation sites (tertiary alicyclic amines) is 1. The fourth-order valence-electron chi connectivity index (χ4n) is 3.93. The zero-order valence-electron chi connectivity index (χ0n) is 12.7. The van der Waals surface area contributed by atoms with E-state index in [0.29, 0.717) is 11.8 Å². The van der Waals surface area contributed by atoms with Crippen molar-refractivity contribution in [3.8, 4) is 0 Å². The van der Waals surface area contributed by atoms with Crippen LogP contribution in [0.25, 0.3) is 0 Å². The number of hydrogen-bond acceptors (Lipinski definition) is 2. The molecule has 1 aliphatic carbocycles. The summed E-state index contributed by atoms with van der Waals surface area (Å²) in [6.07, 6.45) is 9.93. The normalized spacial score (nSPS) is 21.5. The molecule has 1 heterocycles. The number of hydrogen-bond donors (Lipinski definition) is 1. The SMILES string of the molecule is O=C(Cc1ccc(S)cc1)N1CCC2(CCCCC2)CC1. The lowest BCUT2D eigenvalue weighted by Gasteiger charge is -2.44. The molecule has 1 aromatic rings. The molecule has 2 nitrogen and oxygen atoms in total. The highest BCUT2D eigenvalue weighted by Gasteiger charge is 2.36. The van der Waals surface area contributed by atoms with Crippen LogP contribution in [0, 0.1) is 5.41 Å². The van der Waals surface area contributed by atoms with Gasteiger partial charge in [0.25, 0.3) is 0 Å². The van der Waals surface area contributed by atoms with E-state index in [0.717, 1.165) is 23.5 Å². The Labute approximate surface area is 133 Å². The van der Waals surface area contributed by atoms with Crippen molar-refractivity contribution >= 4 is 18.5 Å². The Balaban J connectivity index is 1.54. The smallest absolute Gasteiger partial charge is 0.226 e. The molecule has 2 fully saturated rings. The first-order chi connectivity index (χ1) is 10.2. The predicted octanol–water partition coefficient (Wildman–Crippen LogP) is 4.09.